The Labute approximate surface area is 178 Å². The molecule has 3 aliphatic heterocycles. The van der Waals surface area contributed by atoms with E-state index in [0.717, 1.165) is 15.5 Å². The number of hydrogen-bond donors (Lipinski definition) is 5. The molecule has 2 unspecified atom stereocenters. The molecule has 178 valence electrons. The molecule has 1 saturated heterocycles. The molecule has 1 fully saturated rings. The first kappa shape index (κ1) is 23.4. The quantitative estimate of drug-likeness (QED) is 0.247. The minimum atomic E-state index is -5.14. The van der Waals surface area contributed by atoms with Gasteiger partial charge in [0.25, 0.3) is 5.56 Å². The number of hydrogen-bond acceptors (Lipinski definition) is 13. The summed E-state index contributed by atoms with van der Waals surface area (Å²) in [5.74, 6) is -0.259. The number of nitrogen functional groups attached to an aromatic ring is 1. The number of aliphatic hydroxyl groups is 2. The van der Waals surface area contributed by atoms with Crippen molar-refractivity contribution < 1.29 is 52.0 Å². The maximum atomic E-state index is 12.7. The normalized spacial score (nSPS) is 37.0. The van der Waals surface area contributed by atoms with Gasteiger partial charge in [-0.2, -0.15) is 4.31 Å². The summed E-state index contributed by atoms with van der Waals surface area (Å²) in [5.41, 5.74) is 5.00. The van der Waals surface area contributed by atoms with Crippen LogP contribution in [-0.4, -0.2) is 77.2 Å². The van der Waals surface area contributed by atoms with Gasteiger partial charge in [0.05, 0.1) is 19.8 Å². The van der Waals surface area contributed by atoms with E-state index in [0.29, 0.717) is 0 Å². The lowest BCUT2D eigenvalue weighted by Crippen LogP contribution is -2.33. The molecule has 5 rings (SSSR count). The standard InChI is InChI=1S/C13H19N5O12P2/c14-13-16-7-10-15-4-17(11(7)21)5-26-1-2-27-31(22,23)30-32(24,25)28-3-6-8(19)9(20)12(29-6)18(10)13/h4,6,8-9,12,19-20H,1-3,5H2,(H2,14,16)(H,22,23)(H,24,25)/t6-,8-,9-,12+/m1/s1. The van der Waals surface area contributed by atoms with E-state index in [1.165, 1.54) is 0 Å². The third-order valence-corrected chi connectivity index (χ3v) is 7.24. The number of nitrogens with two attached hydrogens (primary N) is 1. The third-order valence-electron chi connectivity index (χ3n) is 4.61. The zero-order valence-electron chi connectivity index (χ0n) is 16.0. The SMILES string of the molecule is Nc1nc2c(=O)n3cnc2n1[C@H]1O[C@H](COP(=O)(O)OP(=O)(O)OCCOC3)[C@@H](O)[C@H]1O. The van der Waals surface area contributed by atoms with Crippen LogP contribution in [0.25, 0.3) is 11.2 Å². The number of aromatic nitrogens is 4. The van der Waals surface area contributed by atoms with Crippen LogP contribution in [0.5, 0.6) is 0 Å². The van der Waals surface area contributed by atoms with E-state index in [1.54, 1.807) is 0 Å². The summed E-state index contributed by atoms with van der Waals surface area (Å²) in [7, 11) is -10.2. The highest BCUT2D eigenvalue weighted by Crippen LogP contribution is 2.60. The van der Waals surface area contributed by atoms with Gasteiger partial charge in [-0.05, 0) is 0 Å². The Hall–Kier alpha value is -1.75. The lowest BCUT2D eigenvalue weighted by molar-refractivity contribution is -0.0495. The third kappa shape index (κ3) is 4.50. The number of phosphoric acid groups is 2. The van der Waals surface area contributed by atoms with Crippen LogP contribution in [-0.2, 0) is 38.7 Å². The molecule has 32 heavy (non-hydrogen) atoms. The van der Waals surface area contributed by atoms with Gasteiger partial charge in [0.15, 0.2) is 17.4 Å². The zero-order chi connectivity index (χ0) is 23.3. The van der Waals surface area contributed by atoms with Gasteiger partial charge in [-0.3, -0.25) is 23.0 Å². The lowest BCUT2D eigenvalue weighted by Gasteiger charge is -2.19. The predicted molar refractivity (Wildman–Crippen MR) is 101 cm³/mol. The number of phosphoric ester groups is 2. The summed E-state index contributed by atoms with van der Waals surface area (Å²) in [5, 5.41) is 20.7. The van der Waals surface area contributed by atoms with Crippen molar-refractivity contribution >= 4 is 32.8 Å². The maximum absolute atomic E-state index is 12.7. The van der Waals surface area contributed by atoms with E-state index >= 15 is 0 Å². The van der Waals surface area contributed by atoms with Crippen LogP contribution in [0.1, 0.15) is 6.23 Å². The van der Waals surface area contributed by atoms with Gasteiger partial charge in [0.2, 0.25) is 5.95 Å². The number of anilines is 1. The fraction of sp³-hybridized carbons (Fsp3) is 0.615. The van der Waals surface area contributed by atoms with Crippen LogP contribution in [0.3, 0.4) is 0 Å². The molecule has 0 spiro atoms. The highest BCUT2D eigenvalue weighted by Gasteiger charge is 2.47. The molecule has 0 radical (unpaired) electrons. The minimum Gasteiger partial charge on any atom is -0.387 e. The average Bonchev–Trinajstić information content (AvgIpc) is 3.17. The Bertz CT molecular complexity index is 1170. The summed E-state index contributed by atoms with van der Waals surface area (Å²) in [6.45, 7) is -2.03. The maximum Gasteiger partial charge on any atom is 0.481 e. The number of ether oxygens (including phenoxy) is 2. The highest BCUT2D eigenvalue weighted by atomic mass is 31.3. The van der Waals surface area contributed by atoms with Crippen molar-refractivity contribution in [3.05, 3.63) is 16.7 Å². The van der Waals surface area contributed by atoms with Crippen LogP contribution in [0, 0.1) is 0 Å². The molecule has 0 aliphatic carbocycles. The van der Waals surface area contributed by atoms with Gasteiger partial charge in [-0.15, -0.1) is 0 Å². The highest BCUT2D eigenvalue weighted by molar-refractivity contribution is 7.61. The van der Waals surface area contributed by atoms with E-state index < -0.39 is 59.0 Å². The monoisotopic (exact) mass is 499 g/mol. The Morgan fingerprint density at radius 1 is 1.12 bits per heavy atom. The Morgan fingerprint density at radius 3 is 2.59 bits per heavy atom. The summed E-state index contributed by atoms with van der Waals surface area (Å²) in [6.07, 6.45) is -4.96. The van der Waals surface area contributed by atoms with E-state index in [4.69, 9.17) is 15.2 Å². The van der Waals surface area contributed by atoms with Gasteiger partial charge in [-0.1, -0.05) is 0 Å². The first-order valence-electron chi connectivity index (χ1n) is 8.97. The van der Waals surface area contributed by atoms with Crippen LogP contribution in [0.4, 0.5) is 5.95 Å². The molecule has 0 saturated carbocycles. The van der Waals surface area contributed by atoms with Gasteiger partial charge in [-0.25, -0.2) is 19.1 Å². The molecule has 19 heteroatoms. The van der Waals surface area contributed by atoms with E-state index in [-0.39, 0.29) is 30.4 Å². The van der Waals surface area contributed by atoms with Crippen molar-refractivity contribution in [2.24, 2.45) is 0 Å². The number of imidazole rings is 1. The van der Waals surface area contributed by atoms with Gasteiger partial charge in [0.1, 0.15) is 31.4 Å². The molecule has 17 nitrogen and oxygen atoms in total. The van der Waals surface area contributed by atoms with Crippen LogP contribution >= 0.6 is 15.6 Å². The number of nitrogens with zero attached hydrogens (tertiary/aromatic N) is 4. The zero-order valence-corrected chi connectivity index (χ0v) is 17.8. The number of rotatable bonds is 0. The molecule has 3 aliphatic rings. The first-order chi connectivity index (χ1) is 15.0. The molecular weight excluding hydrogens is 480 g/mol. The van der Waals surface area contributed by atoms with Gasteiger partial charge < -0.3 is 35.2 Å². The molecule has 6 N–H and O–H groups in total. The average molecular weight is 499 g/mol. The Kier molecular flexibility index (Phi) is 6.26. The fourth-order valence-corrected chi connectivity index (χ4v) is 5.22. The van der Waals surface area contributed by atoms with Gasteiger partial charge >= 0.3 is 15.6 Å². The second-order valence-corrected chi connectivity index (χ2v) is 9.81. The largest absolute Gasteiger partial charge is 0.481 e. The summed E-state index contributed by atoms with van der Waals surface area (Å²) in [4.78, 5) is 40.0. The molecule has 2 aromatic heterocycles. The smallest absolute Gasteiger partial charge is 0.387 e. The predicted octanol–water partition coefficient (Wildman–Crippen LogP) is -1.97. The van der Waals surface area contributed by atoms with Crippen LogP contribution in [0.15, 0.2) is 11.1 Å². The van der Waals surface area contributed by atoms with Crippen molar-refractivity contribution in [3.63, 3.8) is 0 Å². The molecular formula is C13H19N5O12P2. The van der Waals surface area contributed by atoms with Crippen molar-refractivity contribution in [1.29, 1.82) is 0 Å². The molecule has 2 aromatic rings. The summed E-state index contributed by atoms with van der Waals surface area (Å²) in [6, 6.07) is 0. The van der Waals surface area contributed by atoms with Gasteiger partial charge in [0, 0.05) is 0 Å². The van der Waals surface area contributed by atoms with E-state index in [2.05, 4.69) is 23.3 Å². The molecule has 6 atom stereocenters. The fourth-order valence-electron chi connectivity index (χ4n) is 3.16. The van der Waals surface area contributed by atoms with Crippen molar-refractivity contribution in [3.8, 4) is 0 Å². The Balaban J connectivity index is 1.72. The second-order valence-electron chi connectivity index (χ2n) is 6.76. The van der Waals surface area contributed by atoms with Crippen molar-refractivity contribution in [1.82, 2.24) is 19.1 Å². The molecule has 0 amide bonds. The van der Waals surface area contributed by atoms with Crippen LogP contribution < -0.4 is 11.3 Å². The number of aliphatic hydroxyl groups excluding tert-OH is 2. The van der Waals surface area contributed by atoms with E-state index in [1.807, 2.05) is 0 Å². The van der Waals surface area contributed by atoms with E-state index in [9.17, 15) is 33.9 Å². The van der Waals surface area contributed by atoms with Crippen molar-refractivity contribution in [2.45, 2.75) is 31.3 Å². The molecule has 0 aromatic carbocycles. The van der Waals surface area contributed by atoms with Crippen molar-refractivity contribution in [2.75, 3.05) is 25.6 Å². The second kappa shape index (κ2) is 8.55. The minimum absolute atomic E-state index is 0.0524. The molecule has 5 heterocycles. The number of fused-ring (bicyclic) bond motifs is 10. The first-order valence-corrected chi connectivity index (χ1v) is 12.0. The topological polar surface area (TPSA) is 240 Å². The lowest BCUT2D eigenvalue weighted by atomic mass is 10.1. The van der Waals surface area contributed by atoms with Crippen LogP contribution in [0.2, 0.25) is 0 Å². The summed E-state index contributed by atoms with van der Waals surface area (Å²) < 4.78 is 49.9. The molecule has 6 bridgehead atoms. The Morgan fingerprint density at radius 2 is 1.84 bits per heavy atom. The summed E-state index contributed by atoms with van der Waals surface area (Å²) >= 11 is 0.